The molecule has 0 radical (unpaired) electrons. The molecule has 0 aliphatic rings. The number of hydrogen-bond donors (Lipinski definition) is 1. The highest BCUT2D eigenvalue weighted by Gasteiger charge is 2.12. The van der Waals surface area contributed by atoms with Crippen molar-refractivity contribution in [2.45, 2.75) is 38.5 Å². The van der Waals surface area contributed by atoms with Gasteiger partial charge < -0.3 is 5.32 Å². The molecule has 0 spiro atoms. The number of aromatic nitrogens is 1. The fourth-order valence-electron chi connectivity index (χ4n) is 1.50. The summed E-state index contributed by atoms with van der Waals surface area (Å²) in [6.45, 7) is 7.42. The highest BCUT2D eigenvalue weighted by molar-refractivity contribution is 7.99. The maximum absolute atomic E-state index is 13.2. The summed E-state index contributed by atoms with van der Waals surface area (Å²) in [5.41, 5.74) is 0.937. The number of nitrogens with zero attached hydrogens (tertiary/aromatic N) is 1. The van der Waals surface area contributed by atoms with Gasteiger partial charge in [-0.15, -0.1) is 0 Å². The van der Waals surface area contributed by atoms with Crippen LogP contribution in [-0.4, -0.2) is 22.5 Å². The predicted molar refractivity (Wildman–Crippen MR) is 72.8 cm³/mol. The van der Waals surface area contributed by atoms with Crippen LogP contribution in [0, 0.1) is 5.82 Å². The Morgan fingerprint density at radius 1 is 1.41 bits per heavy atom. The molecule has 4 heteroatoms. The van der Waals surface area contributed by atoms with Gasteiger partial charge in [0.15, 0.2) is 0 Å². The van der Waals surface area contributed by atoms with E-state index in [1.807, 2.05) is 11.8 Å². The maximum Gasteiger partial charge on any atom is 0.141 e. The number of rotatable bonds is 7. The van der Waals surface area contributed by atoms with Crippen molar-refractivity contribution < 1.29 is 4.39 Å². The van der Waals surface area contributed by atoms with Crippen LogP contribution >= 0.6 is 11.8 Å². The molecule has 0 aliphatic heterocycles. The Bertz CT molecular complexity index is 331. The molecule has 1 aromatic rings. The van der Waals surface area contributed by atoms with Gasteiger partial charge in [0.2, 0.25) is 0 Å². The molecule has 0 saturated heterocycles. The summed E-state index contributed by atoms with van der Waals surface area (Å²) in [7, 11) is 0. The van der Waals surface area contributed by atoms with Crippen molar-refractivity contribution in [2.75, 3.05) is 12.3 Å². The molecule has 1 rings (SSSR count). The lowest BCUT2D eigenvalue weighted by molar-refractivity contribution is 0.563. The second-order valence-electron chi connectivity index (χ2n) is 4.33. The number of thioether (sulfide) groups is 1. The summed E-state index contributed by atoms with van der Waals surface area (Å²) < 4.78 is 13.2. The first-order valence-electron chi connectivity index (χ1n) is 6.09. The third-order valence-electron chi connectivity index (χ3n) is 2.37. The minimum absolute atomic E-state index is 0.186. The van der Waals surface area contributed by atoms with Gasteiger partial charge >= 0.3 is 0 Å². The van der Waals surface area contributed by atoms with Gasteiger partial charge in [-0.05, 0) is 29.8 Å². The van der Waals surface area contributed by atoms with Crippen molar-refractivity contribution in [1.29, 1.82) is 0 Å². The van der Waals surface area contributed by atoms with E-state index in [2.05, 4.69) is 31.1 Å². The number of pyridine rings is 1. The standard InChI is InChI=1S/C13H21FN2S/c1-4-5-16-13(9-17-10(2)3)11-6-12(14)8-15-7-11/h6-8,10,13,16H,4-5,9H2,1-3H3. The molecule has 1 N–H and O–H groups in total. The van der Waals surface area contributed by atoms with E-state index >= 15 is 0 Å². The van der Waals surface area contributed by atoms with Crippen LogP contribution < -0.4 is 5.32 Å². The normalized spacial score (nSPS) is 13.0. The molecule has 0 bridgehead atoms. The van der Waals surface area contributed by atoms with Crippen LogP contribution in [0.3, 0.4) is 0 Å². The molecule has 17 heavy (non-hydrogen) atoms. The van der Waals surface area contributed by atoms with Crippen molar-refractivity contribution in [2.24, 2.45) is 0 Å². The van der Waals surface area contributed by atoms with E-state index in [9.17, 15) is 4.39 Å². The number of nitrogens with one attached hydrogen (secondary N) is 1. The molecular formula is C13H21FN2S. The molecule has 0 amide bonds. The van der Waals surface area contributed by atoms with Crippen LogP contribution in [0.2, 0.25) is 0 Å². The molecule has 1 heterocycles. The van der Waals surface area contributed by atoms with Gasteiger partial charge in [-0.25, -0.2) is 4.39 Å². The zero-order valence-corrected chi connectivity index (χ0v) is 11.6. The lowest BCUT2D eigenvalue weighted by Gasteiger charge is -2.19. The van der Waals surface area contributed by atoms with Crippen LogP contribution in [0.4, 0.5) is 4.39 Å². The Kier molecular flexibility index (Phi) is 6.52. The minimum atomic E-state index is -0.264. The second kappa shape index (κ2) is 7.67. The Labute approximate surface area is 107 Å². The maximum atomic E-state index is 13.2. The van der Waals surface area contributed by atoms with E-state index in [0.29, 0.717) is 5.25 Å². The molecule has 1 aromatic heterocycles. The van der Waals surface area contributed by atoms with E-state index < -0.39 is 0 Å². The monoisotopic (exact) mass is 256 g/mol. The highest BCUT2D eigenvalue weighted by atomic mass is 32.2. The third-order valence-corrected chi connectivity index (χ3v) is 3.56. The SMILES string of the molecule is CCCNC(CSC(C)C)c1cncc(F)c1. The Hall–Kier alpha value is -0.610. The average Bonchev–Trinajstić information content (AvgIpc) is 2.29. The fraction of sp³-hybridized carbons (Fsp3) is 0.615. The summed E-state index contributed by atoms with van der Waals surface area (Å²) >= 11 is 1.88. The van der Waals surface area contributed by atoms with Crippen LogP contribution in [0.1, 0.15) is 38.8 Å². The molecule has 1 atom stereocenters. The van der Waals surface area contributed by atoms with Crippen molar-refractivity contribution in [3.63, 3.8) is 0 Å². The van der Waals surface area contributed by atoms with Gasteiger partial charge in [-0.2, -0.15) is 11.8 Å². The van der Waals surface area contributed by atoms with E-state index in [-0.39, 0.29) is 11.9 Å². The van der Waals surface area contributed by atoms with Gasteiger partial charge in [0.05, 0.1) is 6.20 Å². The molecule has 0 aromatic carbocycles. The molecule has 96 valence electrons. The zero-order chi connectivity index (χ0) is 12.7. The van der Waals surface area contributed by atoms with Crippen LogP contribution in [0.25, 0.3) is 0 Å². The molecular weight excluding hydrogens is 235 g/mol. The van der Waals surface area contributed by atoms with Crippen molar-refractivity contribution in [3.8, 4) is 0 Å². The quantitative estimate of drug-likeness (QED) is 0.809. The summed E-state index contributed by atoms with van der Waals surface area (Å²) in [6, 6.07) is 1.76. The van der Waals surface area contributed by atoms with E-state index in [0.717, 1.165) is 24.3 Å². The minimum Gasteiger partial charge on any atom is -0.309 e. The van der Waals surface area contributed by atoms with Crippen LogP contribution in [-0.2, 0) is 0 Å². The molecule has 1 unspecified atom stereocenters. The van der Waals surface area contributed by atoms with Gasteiger partial charge in [0.25, 0.3) is 0 Å². The zero-order valence-electron chi connectivity index (χ0n) is 10.7. The number of halogens is 1. The van der Waals surface area contributed by atoms with E-state index in [4.69, 9.17) is 0 Å². The van der Waals surface area contributed by atoms with Crippen LogP contribution in [0.15, 0.2) is 18.5 Å². The molecule has 2 nitrogen and oxygen atoms in total. The van der Waals surface area contributed by atoms with Gasteiger partial charge in [0.1, 0.15) is 5.82 Å². The first-order chi connectivity index (χ1) is 8.13. The topological polar surface area (TPSA) is 24.9 Å². The molecule has 0 saturated carbocycles. The Morgan fingerprint density at radius 2 is 2.18 bits per heavy atom. The summed E-state index contributed by atoms with van der Waals surface area (Å²) in [5.74, 6) is 0.684. The number of hydrogen-bond acceptors (Lipinski definition) is 3. The summed E-state index contributed by atoms with van der Waals surface area (Å²) in [6.07, 6.45) is 4.07. The predicted octanol–water partition coefficient (Wildman–Crippen LogP) is 3.40. The van der Waals surface area contributed by atoms with Crippen molar-refractivity contribution in [3.05, 3.63) is 29.8 Å². The summed E-state index contributed by atoms with van der Waals surface area (Å²) in [5, 5.41) is 4.03. The van der Waals surface area contributed by atoms with Gasteiger partial charge in [-0.1, -0.05) is 20.8 Å². The Morgan fingerprint density at radius 3 is 2.76 bits per heavy atom. The van der Waals surface area contributed by atoms with Crippen molar-refractivity contribution in [1.82, 2.24) is 10.3 Å². The van der Waals surface area contributed by atoms with E-state index in [1.54, 1.807) is 12.3 Å². The first kappa shape index (κ1) is 14.5. The average molecular weight is 256 g/mol. The largest absolute Gasteiger partial charge is 0.309 e. The lowest BCUT2D eigenvalue weighted by atomic mass is 10.1. The third kappa shape index (κ3) is 5.50. The highest BCUT2D eigenvalue weighted by Crippen LogP contribution is 2.21. The smallest absolute Gasteiger partial charge is 0.141 e. The first-order valence-corrected chi connectivity index (χ1v) is 7.13. The summed E-state index contributed by atoms with van der Waals surface area (Å²) in [4.78, 5) is 3.92. The molecule has 0 aliphatic carbocycles. The second-order valence-corrected chi connectivity index (χ2v) is 5.93. The lowest BCUT2D eigenvalue weighted by Crippen LogP contribution is -2.25. The molecule has 0 fully saturated rings. The van der Waals surface area contributed by atoms with Crippen molar-refractivity contribution >= 4 is 11.8 Å². The fourth-order valence-corrected chi connectivity index (χ4v) is 2.39. The van der Waals surface area contributed by atoms with E-state index in [1.165, 1.54) is 6.20 Å². The van der Waals surface area contributed by atoms with Gasteiger partial charge in [-0.3, -0.25) is 4.98 Å². The van der Waals surface area contributed by atoms with Crippen LogP contribution in [0.5, 0.6) is 0 Å². The van der Waals surface area contributed by atoms with Gasteiger partial charge in [0, 0.05) is 18.0 Å². The Balaban J connectivity index is 2.67.